The molecular weight excluding hydrogens is 464 g/mol. The van der Waals surface area contributed by atoms with E-state index in [0.29, 0.717) is 33.7 Å². The molecule has 0 atom stereocenters. The number of carbonyl (C=O) groups is 1. The van der Waals surface area contributed by atoms with Crippen LogP contribution < -0.4 is 16.2 Å². The van der Waals surface area contributed by atoms with Gasteiger partial charge in [-0.3, -0.25) is 14.2 Å². The second-order valence-electron chi connectivity index (χ2n) is 6.97. The van der Waals surface area contributed by atoms with Crippen LogP contribution in [-0.2, 0) is 11.3 Å². The van der Waals surface area contributed by atoms with Gasteiger partial charge in [0.25, 0.3) is 11.5 Å². The molecule has 0 aliphatic carbocycles. The first-order valence-electron chi connectivity index (χ1n) is 10.0. The topological polar surface area (TPSA) is 103 Å². The van der Waals surface area contributed by atoms with Crippen LogP contribution in [0.15, 0.2) is 65.7 Å². The molecule has 0 saturated carbocycles. The number of pyridine rings is 1. The fourth-order valence-electron chi connectivity index (χ4n) is 3.14. The monoisotopic (exact) mass is 484 g/mol. The van der Waals surface area contributed by atoms with Crippen molar-refractivity contribution in [2.45, 2.75) is 6.54 Å². The Morgan fingerprint density at radius 1 is 1.21 bits per heavy atom. The molecule has 33 heavy (non-hydrogen) atoms. The predicted octanol–water partition coefficient (Wildman–Crippen LogP) is 3.12. The number of benzene rings is 1. The van der Waals surface area contributed by atoms with Crippen LogP contribution >= 0.6 is 22.9 Å². The summed E-state index contributed by atoms with van der Waals surface area (Å²) in [4.78, 5) is 25.0. The van der Waals surface area contributed by atoms with Crippen LogP contribution in [0.25, 0.3) is 11.4 Å². The number of rotatable bonds is 9. The first-order valence-corrected chi connectivity index (χ1v) is 11.2. The first-order chi connectivity index (χ1) is 16.0. The molecule has 0 radical (unpaired) electrons. The van der Waals surface area contributed by atoms with Gasteiger partial charge in [-0.25, -0.2) is 4.68 Å². The standard InChI is InChI=1S/C22H21ClN6O3S/c1-32-11-9-24-17-12-16(28-10-3-2-4-21(28)30)5-6-18(17)29-14-15(26-27-29)13-25-22(31)19-7-8-20(23)33-19/h2-8,10,12,14,24H,9,11,13H2,1H3,(H,25,31). The van der Waals surface area contributed by atoms with E-state index >= 15 is 0 Å². The summed E-state index contributed by atoms with van der Waals surface area (Å²) in [7, 11) is 1.63. The Labute approximate surface area is 198 Å². The van der Waals surface area contributed by atoms with Crippen LogP contribution in [-0.4, -0.2) is 45.7 Å². The summed E-state index contributed by atoms with van der Waals surface area (Å²) >= 11 is 7.11. The number of methoxy groups -OCH3 is 1. The highest BCUT2D eigenvalue weighted by Crippen LogP contribution is 2.24. The maximum atomic E-state index is 12.2. The molecule has 4 aromatic rings. The molecule has 1 aromatic carbocycles. The summed E-state index contributed by atoms with van der Waals surface area (Å²) in [5.41, 5.74) is 2.69. The van der Waals surface area contributed by atoms with Gasteiger partial charge in [0, 0.05) is 25.9 Å². The van der Waals surface area contributed by atoms with E-state index in [0.717, 1.165) is 11.4 Å². The number of ether oxygens (including phenoxy) is 1. The van der Waals surface area contributed by atoms with Crippen LogP contribution in [0.3, 0.4) is 0 Å². The summed E-state index contributed by atoms with van der Waals surface area (Å²) < 4.78 is 8.88. The summed E-state index contributed by atoms with van der Waals surface area (Å²) in [6.45, 7) is 1.30. The van der Waals surface area contributed by atoms with Gasteiger partial charge in [-0.2, -0.15) is 0 Å². The van der Waals surface area contributed by atoms with Crippen molar-refractivity contribution in [1.82, 2.24) is 24.9 Å². The van der Waals surface area contributed by atoms with Gasteiger partial charge in [-0.05, 0) is 36.4 Å². The third-order valence-corrected chi connectivity index (χ3v) is 5.95. The van der Waals surface area contributed by atoms with Gasteiger partial charge >= 0.3 is 0 Å². The van der Waals surface area contributed by atoms with Crippen molar-refractivity contribution in [3.63, 3.8) is 0 Å². The Morgan fingerprint density at radius 2 is 2.09 bits per heavy atom. The smallest absolute Gasteiger partial charge is 0.261 e. The maximum Gasteiger partial charge on any atom is 0.261 e. The lowest BCUT2D eigenvalue weighted by molar-refractivity contribution is 0.0954. The largest absolute Gasteiger partial charge is 0.383 e. The van der Waals surface area contributed by atoms with Crippen LogP contribution in [0.1, 0.15) is 15.4 Å². The van der Waals surface area contributed by atoms with Crippen molar-refractivity contribution in [2.75, 3.05) is 25.6 Å². The molecule has 0 aliphatic rings. The second kappa shape index (κ2) is 10.4. The minimum atomic E-state index is -0.221. The Balaban J connectivity index is 1.56. The minimum Gasteiger partial charge on any atom is -0.383 e. The van der Waals surface area contributed by atoms with E-state index in [9.17, 15) is 9.59 Å². The highest BCUT2D eigenvalue weighted by Gasteiger charge is 2.12. The lowest BCUT2D eigenvalue weighted by atomic mass is 10.2. The van der Waals surface area contributed by atoms with Crippen molar-refractivity contribution >= 4 is 34.5 Å². The summed E-state index contributed by atoms with van der Waals surface area (Å²) in [6, 6.07) is 13.9. The molecule has 0 saturated heterocycles. The zero-order valence-corrected chi connectivity index (χ0v) is 19.3. The molecule has 0 spiro atoms. The van der Waals surface area contributed by atoms with E-state index in [1.807, 2.05) is 18.2 Å². The number of aromatic nitrogens is 4. The third-order valence-electron chi connectivity index (χ3n) is 4.72. The molecular formula is C22H21ClN6O3S. The van der Waals surface area contributed by atoms with Gasteiger partial charge in [-0.1, -0.05) is 22.9 Å². The van der Waals surface area contributed by atoms with Gasteiger partial charge < -0.3 is 15.4 Å². The SMILES string of the molecule is COCCNc1cc(-n2ccccc2=O)ccc1-n1cc(CNC(=O)c2ccc(Cl)s2)nn1. The van der Waals surface area contributed by atoms with E-state index in [4.69, 9.17) is 16.3 Å². The number of nitrogens with one attached hydrogen (secondary N) is 2. The number of carbonyl (C=O) groups excluding carboxylic acids is 1. The van der Waals surface area contributed by atoms with Crippen molar-refractivity contribution in [3.05, 3.63) is 86.2 Å². The Bertz CT molecular complexity index is 1320. The van der Waals surface area contributed by atoms with E-state index < -0.39 is 0 Å². The van der Waals surface area contributed by atoms with Gasteiger partial charge in [-0.15, -0.1) is 16.4 Å². The van der Waals surface area contributed by atoms with Crippen molar-refractivity contribution in [3.8, 4) is 11.4 Å². The van der Waals surface area contributed by atoms with Crippen molar-refractivity contribution in [2.24, 2.45) is 0 Å². The summed E-state index contributed by atoms with van der Waals surface area (Å²) in [6.07, 6.45) is 3.46. The molecule has 0 unspecified atom stereocenters. The molecule has 0 aliphatic heterocycles. The fourth-order valence-corrected chi connectivity index (χ4v) is 4.09. The predicted molar refractivity (Wildman–Crippen MR) is 128 cm³/mol. The van der Waals surface area contributed by atoms with Gasteiger partial charge in [0.05, 0.1) is 45.6 Å². The number of amides is 1. The summed E-state index contributed by atoms with van der Waals surface area (Å²) in [5, 5.41) is 14.5. The molecule has 3 aromatic heterocycles. The zero-order chi connectivity index (χ0) is 23.2. The maximum absolute atomic E-state index is 12.2. The number of hydrogen-bond acceptors (Lipinski definition) is 7. The van der Waals surface area contributed by atoms with Gasteiger partial charge in [0.2, 0.25) is 0 Å². The number of anilines is 1. The number of halogens is 1. The molecule has 11 heteroatoms. The quantitative estimate of drug-likeness (QED) is 0.354. The normalized spacial score (nSPS) is 10.8. The molecule has 9 nitrogen and oxygen atoms in total. The Kier molecular flexibility index (Phi) is 7.18. The van der Waals surface area contributed by atoms with Gasteiger partial charge in [0.1, 0.15) is 5.69 Å². The Hall–Kier alpha value is -3.47. The Morgan fingerprint density at radius 3 is 2.85 bits per heavy atom. The molecule has 170 valence electrons. The summed E-state index contributed by atoms with van der Waals surface area (Å²) in [5.74, 6) is -0.221. The molecule has 2 N–H and O–H groups in total. The van der Waals surface area contributed by atoms with Crippen molar-refractivity contribution in [1.29, 1.82) is 0 Å². The van der Waals surface area contributed by atoms with E-state index in [2.05, 4.69) is 20.9 Å². The second-order valence-corrected chi connectivity index (χ2v) is 8.69. The van der Waals surface area contributed by atoms with Crippen LogP contribution in [0.5, 0.6) is 0 Å². The molecule has 0 bridgehead atoms. The highest BCUT2D eigenvalue weighted by atomic mass is 35.5. The average molecular weight is 485 g/mol. The number of thiophene rings is 1. The van der Waals surface area contributed by atoms with Gasteiger partial charge in [0.15, 0.2) is 0 Å². The highest BCUT2D eigenvalue weighted by molar-refractivity contribution is 7.17. The molecule has 1 amide bonds. The third kappa shape index (κ3) is 5.48. The molecule has 0 fully saturated rings. The van der Waals surface area contributed by atoms with E-state index in [1.165, 1.54) is 17.4 Å². The molecule has 3 heterocycles. The zero-order valence-electron chi connectivity index (χ0n) is 17.7. The average Bonchev–Trinajstić information content (AvgIpc) is 3.47. The van der Waals surface area contributed by atoms with Crippen LogP contribution in [0, 0.1) is 0 Å². The fraction of sp³-hybridized carbons (Fsp3) is 0.182. The van der Waals surface area contributed by atoms with Crippen LogP contribution in [0.4, 0.5) is 5.69 Å². The van der Waals surface area contributed by atoms with E-state index in [1.54, 1.807) is 53.0 Å². The van der Waals surface area contributed by atoms with Crippen molar-refractivity contribution < 1.29 is 9.53 Å². The number of hydrogen-bond donors (Lipinski definition) is 2. The minimum absolute atomic E-state index is 0.126. The van der Waals surface area contributed by atoms with E-state index in [-0.39, 0.29) is 18.0 Å². The first kappa shape index (κ1) is 22.7. The number of nitrogens with zero attached hydrogens (tertiary/aromatic N) is 4. The van der Waals surface area contributed by atoms with Crippen LogP contribution in [0.2, 0.25) is 4.34 Å². The molecule has 4 rings (SSSR count). The lowest BCUT2D eigenvalue weighted by Gasteiger charge is -2.14. The lowest BCUT2D eigenvalue weighted by Crippen LogP contribution is -2.21.